The first-order valence-corrected chi connectivity index (χ1v) is 11.6. The van der Waals surface area contributed by atoms with Crippen LogP contribution in [-0.4, -0.2) is 41.9 Å². The van der Waals surface area contributed by atoms with Gasteiger partial charge in [0.2, 0.25) is 0 Å². The Hall–Kier alpha value is -2.85. The molecule has 0 N–H and O–H groups in total. The number of likely N-dealkylation sites (tertiary alicyclic amines) is 1. The van der Waals surface area contributed by atoms with E-state index in [2.05, 4.69) is 60.9 Å². The summed E-state index contributed by atoms with van der Waals surface area (Å²) >= 11 is 0. The van der Waals surface area contributed by atoms with E-state index in [1.54, 1.807) is 6.26 Å². The first-order chi connectivity index (χ1) is 15.5. The normalized spacial score (nSPS) is 18.9. The van der Waals surface area contributed by atoms with Crippen molar-refractivity contribution in [3.8, 4) is 0 Å². The van der Waals surface area contributed by atoms with E-state index >= 15 is 0 Å². The Bertz CT molecular complexity index is 980. The molecular weight excluding hydrogens is 396 g/mol. The molecule has 0 spiro atoms. The molecule has 0 radical (unpaired) electrons. The van der Waals surface area contributed by atoms with Crippen molar-refractivity contribution >= 4 is 5.91 Å². The van der Waals surface area contributed by atoms with E-state index in [1.165, 1.54) is 11.1 Å². The van der Waals surface area contributed by atoms with Gasteiger partial charge >= 0.3 is 0 Å². The third-order valence-electron chi connectivity index (χ3n) is 6.33. The standard InChI is InChI=1S/C28H34N2O2/c1-21(2)16-30(28(31)24-13-11-22(3)12-14-24)18-25-17-29(19-26-10-7-15-32-26)20-27(25)23-8-5-4-6-9-23/h4-15,21,25,27H,16-20H2,1-3H3. The van der Waals surface area contributed by atoms with Crippen LogP contribution in [0.4, 0.5) is 0 Å². The highest BCUT2D eigenvalue weighted by atomic mass is 16.3. The van der Waals surface area contributed by atoms with Crippen LogP contribution in [0.3, 0.4) is 0 Å². The van der Waals surface area contributed by atoms with Crippen LogP contribution in [0.25, 0.3) is 0 Å². The lowest BCUT2D eigenvalue weighted by Crippen LogP contribution is -2.39. The number of amides is 1. The Morgan fingerprint density at radius 3 is 2.44 bits per heavy atom. The molecule has 4 nitrogen and oxygen atoms in total. The molecule has 4 heteroatoms. The van der Waals surface area contributed by atoms with Gasteiger partial charge in [-0.05, 0) is 48.6 Å². The Morgan fingerprint density at radius 2 is 1.78 bits per heavy atom. The van der Waals surface area contributed by atoms with Crippen LogP contribution in [-0.2, 0) is 6.54 Å². The van der Waals surface area contributed by atoms with E-state index in [-0.39, 0.29) is 5.91 Å². The van der Waals surface area contributed by atoms with Crippen molar-refractivity contribution in [2.45, 2.75) is 33.2 Å². The molecule has 2 heterocycles. The number of benzene rings is 2. The summed E-state index contributed by atoms with van der Waals surface area (Å²) in [5.74, 6) is 2.31. The van der Waals surface area contributed by atoms with Crippen molar-refractivity contribution in [3.63, 3.8) is 0 Å². The molecule has 1 fully saturated rings. The van der Waals surface area contributed by atoms with Crippen molar-refractivity contribution in [2.24, 2.45) is 11.8 Å². The fourth-order valence-corrected chi connectivity index (χ4v) is 4.82. The van der Waals surface area contributed by atoms with Crippen LogP contribution in [0.2, 0.25) is 0 Å². The lowest BCUT2D eigenvalue weighted by atomic mass is 9.88. The van der Waals surface area contributed by atoms with Gasteiger partial charge in [-0.2, -0.15) is 0 Å². The highest BCUT2D eigenvalue weighted by Gasteiger charge is 2.36. The molecule has 168 valence electrons. The average molecular weight is 431 g/mol. The van der Waals surface area contributed by atoms with Crippen molar-refractivity contribution in [2.75, 3.05) is 26.2 Å². The second kappa shape index (κ2) is 10.2. The Morgan fingerprint density at radius 1 is 1.03 bits per heavy atom. The minimum atomic E-state index is 0.134. The number of aryl methyl sites for hydroxylation is 1. The topological polar surface area (TPSA) is 36.7 Å². The molecular formula is C28H34N2O2. The molecule has 32 heavy (non-hydrogen) atoms. The average Bonchev–Trinajstić information content (AvgIpc) is 3.44. The van der Waals surface area contributed by atoms with Crippen LogP contribution < -0.4 is 0 Å². The Labute approximate surface area is 191 Å². The molecule has 3 aromatic rings. The molecule has 2 atom stereocenters. The van der Waals surface area contributed by atoms with Crippen molar-refractivity contribution in [1.82, 2.24) is 9.80 Å². The summed E-state index contributed by atoms with van der Waals surface area (Å²) in [6.45, 7) is 10.7. The first-order valence-electron chi connectivity index (χ1n) is 11.6. The molecule has 1 aliphatic rings. The zero-order valence-corrected chi connectivity index (χ0v) is 19.4. The van der Waals surface area contributed by atoms with Crippen molar-refractivity contribution in [3.05, 3.63) is 95.4 Å². The number of hydrogen-bond donors (Lipinski definition) is 0. The summed E-state index contributed by atoms with van der Waals surface area (Å²) in [4.78, 5) is 18.0. The summed E-state index contributed by atoms with van der Waals surface area (Å²) in [7, 11) is 0. The molecule has 2 aromatic carbocycles. The Balaban J connectivity index is 1.56. The molecule has 1 amide bonds. The van der Waals surface area contributed by atoms with E-state index in [1.807, 2.05) is 36.4 Å². The first kappa shape index (κ1) is 22.3. The van der Waals surface area contributed by atoms with Crippen LogP contribution >= 0.6 is 0 Å². The summed E-state index contributed by atoms with van der Waals surface area (Å²) in [6, 6.07) is 22.7. The predicted molar refractivity (Wildman–Crippen MR) is 129 cm³/mol. The van der Waals surface area contributed by atoms with Gasteiger partial charge in [0.25, 0.3) is 5.91 Å². The lowest BCUT2D eigenvalue weighted by Gasteiger charge is -2.30. The van der Waals surface area contributed by atoms with Gasteiger partial charge in [-0.1, -0.05) is 61.9 Å². The highest BCUT2D eigenvalue weighted by Crippen LogP contribution is 2.34. The predicted octanol–water partition coefficient (Wildman–Crippen LogP) is 5.60. The highest BCUT2D eigenvalue weighted by molar-refractivity contribution is 5.94. The molecule has 4 rings (SSSR count). The number of carbonyl (C=O) groups is 1. The zero-order valence-electron chi connectivity index (χ0n) is 19.4. The number of hydrogen-bond acceptors (Lipinski definition) is 3. The molecule has 0 saturated carbocycles. The van der Waals surface area contributed by atoms with Gasteiger partial charge in [0.15, 0.2) is 0 Å². The van der Waals surface area contributed by atoms with Crippen LogP contribution in [0.5, 0.6) is 0 Å². The number of rotatable bonds is 8. The zero-order chi connectivity index (χ0) is 22.5. The summed E-state index contributed by atoms with van der Waals surface area (Å²) in [6.07, 6.45) is 1.74. The largest absolute Gasteiger partial charge is 0.468 e. The fourth-order valence-electron chi connectivity index (χ4n) is 4.82. The third kappa shape index (κ3) is 5.49. The summed E-state index contributed by atoms with van der Waals surface area (Å²) < 4.78 is 5.60. The number of furan rings is 1. The minimum Gasteiger partial charge on any atom is -0.468 e. The molecule has 2 unspecified atom stereocenters. The lowest BCUT2D eigenvalue weighted by molar-refractivity contribution is 0.0703. The van der Waals surface area contributed by atoms with E-state index in [0.717, 1.165) is 44.0 Å². The second-order valence-corrected chi connectivity index (χ2v) is 9.52. The third-order valence-corrected chi connectivity index (χ3v) is 6.33. The number of nitrogens with zero attached hydrogens (tertiary/aromatic N) is 2. The molecule has 1 aliphatic heterocycles. The maximum atomic E-state index is 13.5. The van der Waals surface area contributed by atoms with Crippen LogP contribution in [0.1, 0.15) is 47.0 Å². The summed E-state index contributed by atoms with van der Waals surface area (Å²) in [5.41, 5.74) is 3.30. The maximum absolute atomic E-state index is 13.5. The van der Waals surface area contributed by atoms with Gasteiger partial charge < -0.3 is 9.32 Å². The maximum Gasteiger partial charge on any atom is 0.253 e. The van der Waals surface area contributed by atoms with Crippen LogP contribution in [0, 0.1) is 18.8 Å². The quantitative estimate of drug-likeness (QED) is 0.467. The van der Waals surface area contributed by atoms with E-state index in [4.69, 9.17) is 4.42 Å². The Kier molecular flexibility index (Phi) is 7.11. The van der Waals surface area contributed by atoms with Gasteiger partial charge in [0.05, 0.1) is 12.8 Å². The van der Waals surface area contributed by atoms with Crippen molar-refractivity contribution < 1.29 is 9.21 Å². The monoisotopic (exact) mass is 430 g/mol. The van der Waals surface area contributed by atoms with Crippen LogP contribution in [0.15, 0.2) is 77.4 Å². The van der Waals surface area contributed by atoms with Gasteiger partial charge in [-0.3, -0.25) is 9.69 Å². The molecule has 1 aromatic heterocycles. The molecule has 0 bridgehead atoms. The summed E-state index contributed by atoms with van der Waals surface area (Å²) in [5, 5.41) is 0. The molecule has 1 saturated heterocycles. The van der Waals surface area contributed by atoms with Gasteiger partial charge in [0, 0.05) is 37.7 Å². The minimum absolute atomic E-state index is 0.134. The van der Waals surface area contributed by atoms with Gasteiger partial charge in [-0.15, -0.1) is 0 Å². The smallest absolute Gasteiger partial charge is 0.253 e. The van der Waals surface area contributed by atoms with E-state index in [9.17, 15) is 4.79 Å². The van der Waals surface area contributed by atoms with E-state index in [0.29, 0.717) is 17.8 Å². The van der Waals surface area contributed by atoms with Gasteiger partial charge in [0.1, 0.15) is 5.76 Å². The van der Waals surface area contributed by atoms with Crippen molar-refractivity contribution in [1.29, 1.82) is 0 Å². The fraction of sp³-hybridized carbons (Fsp3) is 0.393. The van der Waals surface area contributed by atoms with E-state index < -0.39 is 0 Å². The molecule has 0 aliphatic carbocycles. The number of carbonyl (C=O) groups excluding carboxylic acids is 1. The SMILES string of the molecule is Cc1ccc(C(=O)N(CC(C)C)CC2CN(Cc3ccco3)CC2c2ccccc2)cc1. The second-order valence-electron chi connectivity index (χ2n) is 9.52. The van der Waals surface area contributed by atoms with Gasteiger partial charge in [-0.25, -0.2) is 0 Å².